The molecule has 0 fully saturated rings. The molecule has 0 saturated carbocycles. The summed E-state index contributed by atoms with van der Waals surface area (Å²) in [6.07, 6.45) is 0.259. The summed E-state index contributed by atoms with van der Waals surface area (Å²) in [6.45, 7) is 0. The Morgan fingerprint density at radius 1 is 1.54 bits per heavy atom. The number of carboxylic acid groups (broad SMARTS) is 1. The van der Waals surface area contributed by atoms with E-state index in [-0.39, 0.29) is 6.42 Å². The second kappa shape index (κ2) is 4.25. The number of aliphatic carboxylic acids is 1. The minimum Gasteiger partial charge on any atom is -0.480 e. The van der Waals surface area contributed by atoms with Crippen molar-refractivity contribution < 1.29 is 9.90 Å². The quantitative estimate of drug-likeness (QED) is 0.771. The third kappa shape index (κ3) is 2.72. The molecule has 0 saturated heterocycles. The lowest BCUT2D eigenvalue weighted by Crippen LogP contribution is -2.32. The Morgan fingerprint density at radius 2 is 2.15 bits per heavy atom. The maximum Gasteiger partial charge on any atom is 0.320 e. The van der Waals surface area contributed by atoms with E-state index in [1.165, 1.54) is 0 Å². The maximum absolute atomic E-state index is 10.4. The van der Waals surface area contributed by atoms with Gasteiger partial charge in [0.1, 0.15) is 6.04 Å². The molecule has 0 aliphatic rings. The van der Waals surface area contributed by atoms with Gasteiger partial charge in [0, 0.05) is 5.02 Å². The maximum atomic E-state index is 10.4. The van der Waals surface area contributed by atoms with Gasteiger partial charge in [0.2, 0.25) is 0 Å². The molecule has 0 aliphatic carbocycles. The van der Waals surface area contributed by atoms with Crippen molar-refractivity contribution in [1.82, 2.24) is 0 Å². The summed E-state index contributed by atoms with van der Waals surface area (Å²) in [5, 5.41) is 9.12. The summed E-state index contributed by atoms with van der Waals surface area (Å²) in [7, 11) is 0. The Kier molecular flexibility index (Phi) is 3.28. The molecule has 1 aromatic carbocycles. The molecular formula is C9H10ClNO2. The third-order valence-electron chi connectivity index (χ3n) is 1.71. The van der Waals surface area contributed by atoms with Crippen molar-refractivity contribution in [2.75, 3.05) is 0 Å². The van der Waals surface area contributed by atoms with Gasteiger partial charge in [-0.2, -0.15) is 0 Å². The Bertz CT molecular complexity index is 314. The second-order valence-electron chi connectivity index (χ2n) is 2.74. The van der Waals surface area contributed by atoms with Gasteiger partial charge in [-0.3, -0.25) is 4.79 Å². The van der Waals surface area contributed by atoms with Crippen molar-refractivity contribution in [3.8, 4) is 0 Å². The number of hydrogen-bond donors (Lipinski definition) is 2. The fourth-order valence-corrected chi connectivity index (χ4v) is 1.20. The number of rotatable bonds is 3. The van der Waals surface area contributed by atoms with Crippen LogP contribution in [0.15, 0.2) is 24.3 Å². The van der Waals surface area contributed by atoms with Gasteiger partial charge in [0.15, 0.2) is 0 Å². The van der Waals surface area contributed by atoms with Crippen LogP contribution in [0, 0.1) is 0 Å². The fraction of sp³-hybridized carbons (Fsp3) is 0.222. The smallest absolute Gasteiger partial charge is 0.320 e. The molecule has 0 aliphatic heterocycles. The van der Waals surface area contributed by atoms with E-state index in [0.29, 0.717) is 5.02 Å². The van der Waals surface area contributed by atoms with Gasteiger partial charge in [-0.15, -0.1) is 0 Å². The summed E-state index contributed by atoms with van der Waals surface area (Å²) in [4.78, 5) is 10.4. The van der Waals surface area contributed by atoms with Crippen LogP contribution in [0.1, 0.15) is 5.56 Å². The van der Waals surface area contributed by atoms with Crippen LogP contribution in [0.2, 0.25) is 5.02 Å². The molecule has 0 unspecified atom stereocenters. The summed E-state index contributed by atoms with van der Waals surface area (Å²) in [5.74, 6) is -1.01. The van der Waals surface area contributed by atoms with Gasteiger partial charge in [-0.25, -0.2) is 0 Å². The van der Waals surface area contributed by atoms with Gasteiger partial charge in [-0.1, -0.05) is 29.8 Å². The molecule has 0 amide bonds. The van der Waals surface area contributed by atoms with E-state index in [0.717, 1.165) is 5.56 Å². The topological polar surface area (TPSA) is 63.3 Å². The molecule has 4 heteroatoms. The van der Waals surface area contributed by atoms with E-state index in [2.05, 4.69) is 0 Å². The molecular weight excluding hydrogens is 190 g/mol. The molecule has 1 atom stereocenters. The lowest BCUT2D eigenvalue weighted by atomic mass is 10.1. The van der Waals surface area contributed by atoms with Crippen molar-refractivity contribution in [3.63, 3.8) is 0 Å². The molecule has 13 heavy (non-hydrogen) atoms. The highest BCUT2D eigenvalue weighted by atomic mass is 35.5. The highest BCUT2D eigenvalue weighted by molar-refractivity contribution is 6.31. The zero-order chi connectivity index (χ0) is 9.84. The first-order valence-corrected chi connectivity index (χ1v) is 4.21. The van der Waals surface area contributed by atoms with E-state index in [1.807, 2.05) is 0 Å². The van der Waals surface area contributed by atoms with Gasteiger partial charge >= 0.3 is 5.97 Å². The monoisotopic (exact) mass is 199 g/mol. The first-order chi connectivity index (χ1) is 6.11. The van der Waals surface area contributed by atoms with Crippen LogP contribution < -0.4 is 5.73 Å². The van der Waals surface area contributed by atoms with Crippen molar-refractivity contribution in [2.45, 2.75) is 12.5 Å². The highest BCUT2D eigenvalue weighted by Crippen LogP contribution is 2.15. The predicted octanol–water partition coefficient (Wildman–Crippen LogP) is 1.29. The number of hydrogen-bond acceptors (Lipinski definition) is 2. The number of carboxylic acids is 1. The number of benzene rings is 1. The van der Waals surface area contributed by atoms with E-state index in [9.17, 15) is 4.79 Å². The van der Waals surface area contributed by atoms with E-state index < -0.39 is 12.0 Å². The summed E-state index contributed by atoms with van der Waals surface area (Å²) in [6, 6.07) is 6.18. The fourth-order valence-electron chi connectivity index (χ4n) is 0.988. The number of nitrogens with two attached hydrogens (primary N) is 1. The lowest BCUT2D eigenvalue weighted by molar-refractivity contribution is -0.138. The molecule has 0 aromatic heterocycles. The van der Waals surface area contributed by atoms with Gasteiger partial charge < -0.3 is 10.8 Å². The van der Waals surface area contributed by atoms with Crippen LogP contribution in [0.3, 0.4) is 0 Å². The third-order valence-corrected chi connectivity index (χ3v) is 2.08. The molecule has 3 N–H and O–H groups in total. The Morgan fingerprint density at radius 3 is 2.69 bits per heavy atom. The first-order valence-electron chi connectivity index (χ1n) is 3.83. The predicted molar refractivity (Wildman–Crippen MR) is 50.8 cm³/mol. The molecule has 0 heterocycles. The molecule has 0 bridgehead atoms. The SMILES string of the molecule is N[C@H](Cc1ccccc1Cl)C(=O)O. The van der Waals surface area contributed by atoms with Gasteiger partial charge in [0.25, 0.3) is 0 Å². The van der Waals surface area contributed by atoms with E-state index in [1.54, 1.807) is 24.3 Å². The molecule has 1 aromatic rings. The second-order valence-corrected chi connectivity index (χ2v) is 3.15. The summed E-state index contributed by atoms with van der Waals surface area (Å²) < 4.78 is 0. The average molecular weight is 200 g/mol. The standard InChI is InChI=1S/C9H10ClNO2/c10-7-4-2-1-3-6(7)5-8(11)9(12)13/h1-4,8H,5,11H2,(H,12,13)/t8-/m1/s1. The van der Waals surface area contributed by atoms with Gasteiger partial charge in [-0.05, 0) is 18.1 Å². The largest absolute Gasteiger partial charge is 0.480 e. The van der Waals surface area contributed by atoms with Crippen LogP contribution in [0.25, 0.3) is 0 Å². The number of carbonyl (C=O) groups is 1. The Balaban J connectivity index is 2.74. The van der Waals surface area contributed by atoms with E-state index in [4.69, 9.17) is 22.4 Å². The van der Waals surface area contributed by atoms with Gasteiger partial charge in [0.05, 0.1) is 0 Å². The van der Waals surface area contributed by atoms with Crippen molar-refractivity contribution >= 4 is 17.6 Å². The molecule has 70 valence electrons. The minimum absolute atomic E-state index is 0.259. The molecule has 1 rings (SSSR count). The first kappa shape index (κ1) is 10.0. The lowest BCUT2D eigenvalue weighted by Gasteiger charge is -2.07. The average Bonchev–Trinajstić information content (AvgIpc) is 2.08. The summed E-state index contributed by atoms with van der Waals surface area (Å²) >= 11 is 5.82. The van der Waals surface area contributed by atoms with Crippen molar-refractivity contribution in [3.05, 3.63) is 34.9 Å². The van der Waals surface area contributed by atoms with Crippen LogP contribution in [0.5, 0.6) is 0 Å². The van der Waals surface area contributed by atoms with Crippen LogP contribution in [-0.2, 0) is 11.2 Å². The molecule has 0 radical (unpaired) electrons. The molecule has 3 nitrogen and oxygen atoms in total. The van der Waals surface area contributed by atoms with Crippen LogP contribution in [-0.4, -0.2) is 17.1 Å². The normalized spacial score (nSPS) is 12.5. The minimum atomic E-state index is -1.01. The zero-order valence-corrected chi connectivity index (χ0v) is 7.66. The van der Waals surface area contributed by atoms with Crippen molar-refractivity contribution in [2.24, 2.45) is 5.73 Å². The van der Waals surface area contributed by atoms with Crippen molar-refractivity contribution in [1.29, 1.82) is 0 Å². The highest BCUT2D eigenvalue weighted by Gasteiger charge is 2.13. The van der Waals surface area contributed by atoms with E-state index >= 15 is 0 Å². The Labute approximate surface area is 81.1 Å². The number of halogens is 1. The Hall–Kier alpha value is -1.06. The molecule has 0 spiro atoms. The van der Waals surface area contributed by atoms with Crippen LogP contribution in [0.4, 0.5) is 0 Å². The zero-order valence-electron chi connectivity index (χ0n) is 6.90. The van der Waals surface area contributed by atoms with Crippen LogP contribution >= 0.6 is 11.6 Å². The summed E-state index contributed by atoms with van der Waals surface area (Å²) in [5.41, 5.74) is 6.12.